The first kappa shape index (κ1) is 28.9. The second-order valence-electron chi connectivity index (χ2n) is 10.3. The standard InChI is InChI=1S/C30H30F3N5O4/c1-3-13-37-23-18-38(26(20-9-5-4-6-10-20)28(41)36-16-14-35(15-17-36)19(2)39)27(40)24(23)25(34-29(37)42)21-11-7-8-12-22(21)30(31,32)33/h3-12,25-26H,1,13-18H2,2H3,(H,34,42). The summed E-state index contributed by atoms with van der Waals surface area (Å²) in [6.07, 6.45) is -3.28. The zero-order valence-electron chi connectivity index (χ0n) is 22.9. The van der Waals surface area contributed by atoms with Crippen molar-refractivity contribution in [3.8, 4) is 0 Å². The number of carbonyl (C=O) groups excluding carboxylic acids is 4. The van der Waals surface area contributed by atoms with E-state index in [2.05, 4.69) is 11.9 Å². The summed E-state index contributed by atoms with van der Waals surface area (Å²) in [7, 11) is 0. The zero-order valence-corrected chi connectivity index (χ0v) is 22.9. The van der Waals surface area contributed by atoms with Crippen LogP contribution in [0.4, 0.5) is 18.0 Å². The molecule has 220 valence electrons. The Morgan fingerprint density at radius 2 is 1.62 bits per heavy atom. The number of rotatable bonds is 6. The van der Waals surface area contributed by atoms with Gasteiger partial charge in [0.05, 0.1) is 29.4 Å². The third-order valence-electron chi connectivity index (χ3n) is 7.84. The van der Waals surface area contributed by atoms with E-state index in [0.717, 1.165) is 6.07 Å². The highest BCUT2D eigenvalue weighted by molar-refractivity contribution is 6.04. The molecule has 5 rings (SSSR count). The molecule has 3 aliphatic heterocycles. The molecule has 0 spiro atoms. The fraction of sp³-hybridized carbons (Fsp3) is 0.333. The second-order valence-corrected chi connectivity index (χ2v) is 10.3. The predicted octanol–water partition coefficient (Wildman–Crippen LogP) is 3.49. The molecule has 1 N–H and O–H groups in total. The third-order valence-corrected chi connectivity index (χ3v) is 7.84. The summed E-state index contributed by atoms with van der Waals surface area (Å²) in [5, 5.41) is 2.59. The molecule has 3 heterocycles. The van der Waals surface area contributed by atoms with Gasteiger partial charge in [-0.1, -0.05) is 54.6 Å². The number of hydrogen-bond acceptors (Lipinski definition) is 4. The fourth-order valence-corrected chi connectivity index (χ4v) is 5.79. The van der Waals surface area contributed by atoms with Gasteiger partial charge in [0.15, 0.2) is 0 Å². The smallest absolute Gasteiger partial charge is 0.339 e. The maximum atomic E-state index is 14.2. The Kier molecular flexibility index (Phi) is 7.81. The minimum atomic E-state index is -4.73. The molecule has 1 saturated heterocycles. The van der Waals surface area contributed by atoms with Crippen molar-refractivity contribution >= 4 is 23.8 Å². The maximum Gasteiger partial charge on any atom is 0.416 e. The van der Waals surface area contributed by atoms with Gasteiger partial charge in [-0.05, 0) is 17.2 Å². The van der Waals surface area contributed by atoms with Gasteiger partial charge in [-0.15, -0.1) is 6.58 Å². The summed E-state index contributed by atoms with van der Waals surface area (Å²) < 4.78 is 42.1. The molecule has 2 atom stereocenters. The van der Waals surface area contributed by atoms with Crippen LogP contribution in [-0.4, -0.2) is 82.6 Å². The molecule has 0 saturated carbocycles. The van der Waals surface area contributed by atoms with Gasteiger partial charge in [-0.25, -0.2) is 4.79 Å². The van der Waals surface area contributed by atoms with Crippen molar-refractivity contribution in [2.75, 3.05) is 39.3 Å². The number of hydrogen-bond donors (Lipinski definition) is 1. The Balaban J connectivity index is 1.56. The summed E-state index contributed by atoms with van der Waals surface area (Å²) in [5.74, 6) is -1.12. The Morgan fingerprint density at radius 3 is 2.24 bits per heavy atom. The first-order chi connectivity index (χ1) is 20.0. The molecular formula is C30H30F3N5O4. The van der Waals surface area contributed by atoms with E-state index in [1.54, 1.807) is 40.1 Å². The predicted molar refractivity (Wildman–Crippen MR) is 146 cm³/mol. The van der Waals surface area contributed by atoms with Crippen LogP contribution in [0.15, 0.2) is 78.5 Å². The average Bonchev–Trinajstić information content (AvgIpc) is 3.31. The van der Waals surface area contributed by atoms with Crippen molar-refractivity contribution in [3.63, 3.8) is 0 Å². The molecule has 0 bridgehead atoms. The molecule has 0 radical (unpaired) electrons. The van der Waals surface area contributed by atoms with E-state index < -0.39 is 35.8 Å². The molecule has 1 fully saturated rings. The van der Waals surface area contributed by atoms with Crippen LogP contribution in [0.3, 0.4) is 0 Å². The van der Waals surface area contributed by atoms with Gasteiger partial charge in [0, 0.05) is 39.6 Å². The van der Waals surface area contributed by atoms with Crippen molar-refractivity contribution in [3.05, 3.63) is 95.2 Å². The molecule has 5 amide bonds. The zero-order chi connectivity index (χ0) is 30.2. The third kappa shape index (κ3) is 5.24. The number of nitrogens with zero attached hydrogens (tertiary/aromatic N) is 4. The molecular weight excluding hydrogens is 551 g/mol. The van der Waals surface area contributed by atoms with Crippen molar-refractivity contribution in [2.24, 2.45) is 0 Å². The van der Waals surface area contributed by atoms with Crippen molar-refractivity contribution in [1.29, 1.82) is 0 Å². The molecule has 2 unspecified atom stereocenters. The van der Waals surface area contributed by atoms with Crippen LogP contribution in [0.1, 0.15) is 35.7 Å². The van der Waals surface area contributed by atoms with E-state index in [4.69, 9.17) is 0 Å². The Labute approximate surface area is 240 Å². The van der Waals surface area contributed by atoms with Crippen LogP contribution < -0.4 is 5.32 Å². The monoisotopic (exact) mass is 581 g/mol. The van der Waals surface area contributed by atoms with Gasteiger partial charge in [-0.3, -0.25) is 19.3 Å². The van der Waals surface area contributed by atoms with Crippen molar-refractivity contribution in [1.82, 2.24) is 24.9 Å². The van der Waals surface area contributed by atoms with Crippen LogP contribution in [0.5, 0.6) is 0 Å². The molecule has 2 aromatic carbocycles. The average molecular weight is 582 g/mol. The highest BCUT2D eigenvalue weighted by atomic mass is 19.4. The summed E-state index contributed by atoms with van der Waals surface area (Å²) >= 11 is 0. The molecule has 2 aromatic rings. The second kappa shape index (κ2) is 11.3. The number of alkyl halides is 3. The SMILES string of the molecule is C=CCN1C(=O)NC(c2ccccc2C(F)(F)F)C2=C1CN(C(C(=O)N1CCN(C(C)=O)CC1)c1ccccc1)C2=O. The number of carbonyl (C=O) groups is 4. The van der Waals surface area contributed by atoms with E-state index in [1.807, 2.05) is 0 Å². The topological polar surface area (TPSA) is 93.3 Å². The van der Waals surface area contributed by atoms with Crippen LogP contribution in [0.2, 0.25) is 0 Å². The van der Waals surface area contributed by atoms with E-state index >= 15 is 0 Å². The van der Waals surface area contributed by atoms with Gasteiger partial charge >= 0.3 is 12.2 Å². The van der Waals surface area contributed by atoms with E-state index in [-0.39, 0.29) is 54.8 Å². The van der Waals surface area contributed by atoms with Crippen LogP contribution in [0.25, 0.3) is 0 Å². The van der Waals surface area contributed by atoms with Crippen LogP contribution in [-0.2, 0) is 20.6 Å². The molecule has 42 heavy (non-hydrogen) atoms. The van der Waals surface area contributed by atoms with Crippen LogP contribution >= 0.6 is 0 Å². The van der Waals surface area contributed by atoms with Crippen LogP contribution in [0, 0.1) is 0 Å². The lowest BCUT2D eigenvalue weighted by Crippen LogP contribution is -2.53. The lowest BCUT2D eigenvalue weighted by molar-refractivity contribution is -0.146. The Hall–Kier alpha value is -4.61. The van der Waals surface area contributed by atoms with Gasteiger partial charge in [0.25, 0.3) is 5.91 Å². The highest BCUT2D eigenvalue weighted by Crippen LogP contribution is 2.43. The Bertz CT molecular complexity index is 1450. The minimum Gasteiger partial charge on any atom is -0.339 e. The van der Waals surface area contributed by atoms with Gasteiger partial charge in [-0.2, -0.15) is 13.2 Å². The lowest BCUT2D eigenvalue weighted by atomic mass is 9.91. The van der Waals surface area contributed by atoms with Gasteiger partial charge in [0.2, 0.25) is 11.8 Å². The highest BCUT2D eigenvalue weighted by Gasteiger charge is 2.49. The summed E-state index contributed by atoms with van der Waals surface area (Å²) in [4.78, 5) is 59.1. The number of urea groups is 1. The van der Waals surface area contributed by atoms with Gasteiger partial charge < -0.3 is 20.0 Å². The Morgan fingerprint density at radius 1 is 1.00 bits per heavy atom. The van der Waals surface area contributed by atoms with E-state index in [0.29, 0.717) is 18.7 Å². The van der Waals surface area contributed by atoms with Crippen molar-refractivity contribution in [2.45, 2.75) is 25.2 Å². The number of amides is 5. The molecule has 0 aliphatic carbocycles. The number of benzene rings is 2. The summed E-state index contributed by atoms with van der Waals surface area (Å²) in [5.41, 5.74) is -0.512. The minimum absolute atomic E-state index is 0.0103. The summed E-state index contributed by atoms with van der Waals surface area (Å²) in [6, 6.07) is 10.3. The number of halogens is 3. The molecule has 3 aliphatic rings. The quantitative estimate of drug-likeness (QED) is 0.529. The lowest BCUT2D eigenvalue weighted by Gasteiger charge is -2.38. The normalized spacial score (nSPS) is 20.0. The summed E-state index contributed by atoms with van der Waals surface area (Å²) in [6.45, 7) is 6.19. The maximum absolute atomic E-state index is 14.2. The first-order valence-electron chi connectivity index (χ1n) is 13.5. The van der Waals surface area contributed by atoms with E-state index in [1.165, 1.54) is 41.0 Å². The number of nitrogens with one attached hydrogen (secondary N) is 1. The molecule has 12 heteroatoms. The number of piperazine rings is 1. The largest absolute Gasteiger partial charge is 0.416 e. The molecule has 9 nitrogen and oxygen atoms in total. The van der Waals surface area contributed by atoms with E-state index in [9.17, 15) is 32.3 Å². The first-order valence-corrected chi connectivity index (χ1v) is 13.5. The van der Waals surface area contributed by atoms with Gasteiger partial charge in [0.1, 0.15) is 6.04 Å². The fourth-order valence-electron chi connectivity index (χ4n) is 5.79. The van der Waals surface area contributed by atoms with Crippen molar-refractivity contribution < 1.29 is 32.3 Å². The molecule has 0 aromatic heterocycles.